The second-order valence-corrected chi connectivity index (χ2v) is 9.12. The minimum absolute atomic E-state index is 0.996. The van der Waals surface area contributed by atoms with Crippen LogP contribution in [-0.4, -0.2) is 24.5 Å². The van der Waals surface area contributed by atoms with Crippen LogP contribution in [0.1, 0.15) is 73.6 Å². The molecule has 1 saturated carbocycles. The molecule has 150 valence electrons. The summed E-state index contributed by atoms with van der Waals surface area (Å²) in [5.74, 6) is 0.996. The van der Waals surface area contributed by atoms with E-state index in [2.05, 4.69) is 65.6 Å². The Hall–Kier alpha value is -2.12. The van der Waals surface area contributed by atoms with E-state index in [1.165, 1.54) is 98.8 Å². The van der Waals surface area contributed by atoms with Crippen molar-refractivity contribution in [1.29, 1.82) is 0 Å². The van der Waals surface area contributed by atoms with E-state index in [1.807, 2.05) is 0 Å². The molecule has 1 nitrogen and oxygen atoms in total. The van der Waals surface area contributed by atoms with Gasteiger partial charge in [0, 0.05) is 13.1 Å². The van der Waals surface area contributed by atoms with Crippen LogP contribution < -0.4 is 0 Å². The molecule has 1 heteroatoms. The van der Waals surface area contributed by atoms with Crippen LogP contribution in [0.25, 0.3) is 17.7 Å². The zero-order chi connectivity index (χ0) is 19.5. The van der Waals surface area contributed by atoms with Crippen LogP contribution >= 0.6 is 0 Å². The molecule has 2 aromatic carbocycles. The van der Waals surface area contributed by atoms with Crippen LogP contribution in [0.3, 0.4) is 0 Å². The molecule has 0 amide bonds. The fourth-order valence-corrected chi connectivity index (χ4v) is 5.58. The lowest BCUT2D eigenvalue weighted by atomic mass is 9.85. The summed E-state index contributed by atoms with van der Waals surface area (Å²) in [5.41, 5.74) is 8.70. The lowest BCUT2D eigenvalue weighted by molar-refractivity contribution is 0.220. The van der Waals surface area contributed by atoms with Crippen LogP contribution in [0.2, 0.25) is 0 Å². The first-order valence-corrected chi connectivity index (χ1v) is 11.7. The van der Waals surface area contributed by atoms with Crippen LogP contribution in [0.4, 0.5) is 0 Å². The molecule has 0 bridgehead atoms. The van der Waals surface area contributed by atoms with E-state index < -0.39 is 0 Å². The maximum Gasteiger partial charge on any atom is 0.00190 e. The molecule has 2 aromatic rings. The highest BCUT2D eigenvalue weighted by Gasteiger charge is 2.23. The lowest BCUT2D eigenvalue weighted by Gasteiger charge is -2.32. The SMILES string of the molecule is C1=Cc2ccccc2C(=C2CCN(CCC3CCCCC3)CC2)c2ccccc21. The highest BCUT2D eigenvalue weighted by Crippen LogP contribution is 2.38. The summed E-state index contributed by atoms with van der Waals surface area (Å²) in [6, 6.07) is 17.9. The molecule has 0 spiro atoms. The van der Waals surface area contributed by atoms with Crippen molar-refractivity contribution in [2.75, 3.05) is 19.6 Å². The number of hydrogen-bond acceptors (Lipinski definition) is 1. The summed E-state index contributed by atoms with van der Waals surface area (Å²) in [4.78, 5) is 2.73. The van der Waals surface area contributed by atoms with Crippen molar-refractivity contribution in [3.05, 3.63) is 76.4 Å². The third kappa shape index (κ3) is 4.12. The minimum Gasteiger partial charge on any atom is -0.303 e. The van der Waals surface area contributed by atoms with Crippen molar-refractivity contribution in [3.63, 3.8) is 0 Å². The molecule has 5 rings (SSSR count). The highest BCUT2D eigenvalue weighted by atomic mass is 15.1. The number of likely N-dealkylation sites (tertiary alicyclic amines) is 1. The van der Waals surface area contributed by atoms with Crippen LogP contribution in [-0.2, 0) is 0 Å². The average Bonchev–Trinajstić information content (AvgIpc) is 2.96. The van der Waals surface area contributed by atoms with Gasteiger partial charge in [0.25, 0.3) is 0 Å². The summed E-state index contributed by atoms with van der Waals surface area (Å²) in [7, 11) is 0. The van der Waals surface area contributed by atoms with Gasteiger partial charge in [0.05, 0.1) is 0 Å². The number of piperidine rings is 1. The Balaban J connectivity index is 1.37. The predicted octanol–water partition coefficient (Wildman–Crippen LogP) is 7.04. The van der Waals surface area contributed by atoms with Gasteiger partial charge in [0.2, 0.25) is 0 Å². The van der Waals surface area contributed by atoms with Gasteiger partial charge in [0.15, 0.2) is 0 Å². The fourth-order valence-electron chi connectivity index (χ4n) is 5.58. The Labute approximate surface area is 176 Å². The first kappa shape index (κ1) is 18.9. The van der Waals surface area contributed by atoms with E-state index in [-0.39, 0.29) is 0 Å². The van der Waals surface area contributed by atoms with Gasteiger partial charge in [-0.1, -0.05) is 98.4 Å². The molecule has 3 aliphatic rings. The van der Waals surface area contributed by atoms with Crippen molar-refractivity contribution in [1.82, 2.24) is 4.90 Å². The minimum atomic E-state index is 0.996. The molecular formula is C28H33N. The number of benzene rings is 2. The Kier molecular flexibility index (Phi) is 5.67. The van der Waals surface area contributed by atoms with Gasteiger partial charge in [-0.25, -0.2) is 0 Å². The molecule has 1 aliphatic heterocycles. The number of fused-ring (bicyclic) bond motifs is 2. The average molecular weight is 384 g/mol. The second kappa shape index (κ2) is 8.71. The first-order valence-electron chi connectivity index (χ1n) is 11.7. The summed E-state index contributed by atoms with van der Waals surface area (Å²) in [5, 5.41) is 0. The molecule has 0 atom stereocenters. The second-order valence-electron chi connectivity index (χ2n) is 9.12. The molecule has 0 radical (unpaired) electrons. The zero-order valence-corrected chi connectivity index (χ0v) is 17.6. The molecule has 0 aromatic heterocycles. The summed E-state index contributed by atoms with van der Waals surface area (Å²) in [6.45, 7) is 3.76. The zero-order valence-electron chi connectivity index (χ0n) is 17.6. The van der Waals surface area contributed by atoms with Crippen molar-refractivity contribution in [2.24, 2.45) is 5.92 Å². The van der Waals surface area contributed by atoms with Crippen molar-refractivity contribution in [3.8, 4) is 0 Å². The van der Waals surface area contributed by atoms with Crippen LogP contribution in [0.5, 0.6) is 0 Å². The van der Waals surface area contributed by atoms with Crippen molar-refractivity contribution < 1.29 is 0 Å². The van der Waals surface area contributed by atoms with E-state index >= 15 is 0 Å². The number of rotatable bonds is 3. The molecule has 1 heterocycles. The monoisotopic (exact) mass is 383 g/mol. The Morgan fingerprint density at radius 2 is 1.31 bits per heavy atom. The normalized spacial score (nSPS) is 20.3. The molecule has 1 saturated heterocycles. The number of nitrogens with zero attached hydrogens (tertiary/aromatic N) is 1. The van der Waals surface area contributed by atoms with Gasteiger partial charge in [-0.05, 0) is 59.6 Å². The summed E-state index contributed by atoms with van der Waals surface area (Å²) in [6.07, 6.45) is 15.8. The van der Waals surface area contributed by atoms with Gasteiger partial charge in [0.1, 0.15) is 0 Å². The van der Waals surface area contributed by atoms with Gasteiger partial charge >= 0.3 is 0 Å². The lowest BCUT2D eigenvalue weighted by Crippen LogP contribution is -2.33. The quantitative estimate of drug-likeness (QED) is 0.469. The van der Waals surface area contributed by atoms with Gasteiger partial charge in [-0.15, -0.1) is 0 Å². The predicted molar refractivity (Wildman–Crippen MR) is 125 cm³/mol. The maximum atomic E-state index is 2.73. The van der Waals surface area contributed by atoms with Crippen LogP contribution in [0.15, 0.2) is 54.1 Å². The van der Waals surface area contributed by atoms with E-state index in [0.717, 1.165) is 5.92 Å². The smallest absolute Gasteiger partial charge is 0.00190 e. The van der Waals surface area contributed by atoms with Crippen molar-refractivity contribution in [2.45, 2.75) is 51.4 Å². The van der Waals surface area contributed by atoms with Crippen molar-refractivity contribution >= 4 is 17.7 Å². The van der Waals surface area contributed by atoms with Crippen LogP contribution in [0, 0.1) is 5.92 Å². The molecule has 0 unspecified atom stereocenters. The first-order chi connectivity index (χ1) is 14.4. The number of hydrogen-bond donors (Lipinski definition) is 0. The van der Waals surface area contributed by atoms with E-state index in [1.54, 1.807) is 5.57 Å². The standard InChI is InChI=1S/C28H33N/c1-2-8-22(9-3-1)16-19-29-20-17-25(18-21-29)28-26-12-6-4-10-23(26)14-15-24-11-5-7-13-27(24)28/h4-7,10-15,22H,1-3,8-9,16-21H2. The van der Waals surface area contributed by atoms with E-state index in [9.17, 15) is 0 Å². The third-order valence-corrected chi connectivity index (χ3v) is 7.29. The Bertz CT molecular complexity index is 852. The molecule has 0 N–H and O–H groups in total. The molecule has 2 aliphatic carbocycles. The van der Waals surface area contributed by atoms with E-state index in [4.69, 9.17) is 0 Å². The topological polar surface area (TPSA) is 3.24 Å². The fraction of sp³-hybridized carbons (Fsp3) is 0.429. The summed E-state index contributed by atoms with van der Waals surface area (Å²) >= 11 is 0. The van der Waals surface area contributed by atoms with Gasteiger partial charge in [-0.2, -0.15) is 0 Å². The Morgan fingerprint density at radius 3 is 1.93 bits per heavy atom. The Morgan fingerprint density at radius 1 is 0.724 bits per heavy atom. The van der Waals surface area contributed by atoms with Gasteiger partial charge in [-0.3, -0.25) is 0 Å². The highest BCUT2D eigenvalue weighted by molar-refractivity contribution is 5.94. The largest absolute Gasteiger partial charge is 0.303 e. The molecular weight excluding hydrogens is 350 g/mol. The third-order valence-electron chi connectivity index (χ3n) is 7.29. The maximum absolute atomic E-state index is 2.73. The van der Waals surface area contributed by atoms with Gasteiger partial charge < -0.3 is 4.90 Å². The molecule has 2 fully saturated rings. The molecule has 29 heavy (non-hydrogen) atoms. The van der Waals surface area contributed by atoms with E-state index in [0.29, 0.717) is 0 Å². The summed E-state index contributed by atoms with van der Waals surface area (Å²) < 4.78 is 0.